The molecule has 0 heterocycles. The molecule has 1 aromatic carbocycles. The predicted octanol–water partition coefficient (Wildman–Crippen LogP) is 2.05. The molecule has 6 heteroatoms. The summed E-state index contributed by atoms with van der Waals surface area (Å²) in [6.07, 6.45) is 1.57. The normalized spacial score (nSPS) is 20.2. The Hall–Kier alpha value is -1.98. The van der Waals surface area contributed by atoms with Gasteiger partial charge in [0.25, 0.3) is 0 Å². The Morgan fingerprint density at radius 1 is 1.52 bits per heavy atom. The number of carbonyl (C=O) groups excluding carboxylic acids is 1. The molecule has 0 spiro atoms. The minimum Gasteiger partial charge on any atom is -0.479 e. The van der Waals surface area contributed by atoms with E-state index in [1.165, 1.54) is 6.07 Å². The van der Waals surface area contributed by atoms with Crippen molar-refractivity contribution in [3.05, 3.63) is 34.9 Å². The highest BCUT2D eigenvalue weighted by Gasteiger charge is 2.45. The van der Waals surface area contributed by atoms with Crippen LogP contribution < -0.4 is 5.32 Å². The van der Waals surface area contributed by atoms with Crippen molar-refractivity contribution >= 4 is 12.4 Å². The molecule has 4 nitrogen and oxygen atoms in total. The molecule has 2 N–H and O–H groups in total. The first-order chi connectivity index (χ1) is 9.94. The lowest BCUT2D eigenvalue weighted by atomic mass is 9.71. The number of fused-ring (bicyclic) bond motifs is 1. The lowest BCUT2D eigenvalue weighted by Crippen LogP contribution is -2.58. The number of rotatable bonds is 5. The van der Waals surface area contributed by atoms with Crippen molar-refractivity contribution in [3.63, 3.8) is 0 Å². The molecule has 0 bridgehead atoms. The van der Waals surface area contributed by atoms with Gasteiger partial charge in [0.05, 0.1) is 0 Å². The van der Waals surface area contributed by atoms with Gasteiger partial charge in [-0.1, -0.05) is 6.92 Å². The molecule has 0 fully saturated rings. The smallest absolute Gasteiger partial charge is 0.329 e. The molecule has 1 amide bonds. The minimum atomic E-state index is -1.40. The summed E-state index contributed by atoms with van der Waals surface area (Å²) in [5, 5.41) is 11.9. The molecule has 0 saturated heterocycles. The number of carboxylic acid groups (broad SMARTS) is 1. The van der Waals surface area contributed by atoms with E-state index >= 15 is 0 Å². The van der Waals surface area contributed by atoms with E-state index in [1.807, 2.05) is 0 Å². The molecule has 0 radical (unpaired) electrons. The van der Waals surface area contributed by atoms with E-state index < -0.39 is 29.1 Å². The summed E-state index contributed by atoms with van der Waals surface area (Å²) in [7, 11) is 0. The maximum absolute atomic E-state index is 13.7. The number of carboxylic acids is 1. The first kappa shape index (κ1) is 15.4. The van der Waals surface area contributed by atoms with Crippen LogP contribution in [-0.4, -0.2) is 23.0 Å². The van der Waals surface area contributed by atoms with Crippen molar-refractivity contribution in [1.29, 1.82) is 0 Å². The van der Waals surface area contributed by atoms with Crippen LogP contribution in [0.2, 0.25) is 0 Å². The molecule has 1 aromatic rings. The van der Waals surface area contributed by atoms with Gasteiger partial charge >= 0.3 is 5.97 Å². The van der Waals surface area contributed by atoms with Crippen LogP contribution in [-0.2, 0) is 22.4 Å². The molecule has 114 valence electrons. The average molecular weight is 297 g/mol. The van der Waals surface area contributed by atoms with Crippen LogP contribution in [0, 0.1) is 17.6 Å². The summed E-state index contributed by atoms with van der Waals surface area (Å²) >= 11 is 0. The molecule has 1 aliphatic rings. The van der Waals surface area contributed by atoms with Crippen LogP contribution in [0.15, 0.2) is 12.1 Å². The van der Waals surface area contributed by atoms with Gasteiger partial charge in [0.2, 0.25) is 6.41 Å². The summed E-state index contributed by atoms with van der Waals surface area (Å²) in [6.45, 7) is 1.67. The van der Waals surface area contributed by atoms with Crippen molar-refractivity contribution in [2.24, 2.45) is 5.92 Å². The molecule has 21 heavy (non-hydrogen) atoms. The number of aliphatic carboxylic acids is 1. The molecule has 2 rings (SSSR count). The zero-order valence-electron chi connectivity index (χ0n) is 11.7. The van der Waals surface area contributed by atoms with Gasteiger partial charge < -0.3 is 10.4 Å². The number of benzene rings is 1. The van der Waals surface area contributed by atoms with Gasteiger partial charge in [-0.2, -0.15) is 0 Å². The fraction of sp³-hybridized carbons (Fsp3) is 0.467. The standard InChI is InChI=1S/C15H17F2NO3/c1-2-15(14(20)21,18-8-19)10-3-4-12-9(5-10)6-11(16)7-13(12)17/h6-8,10H,2-5H2,1H3,(H,18,19)(H,20,21). The Balaban J connectivity index is 2.38. The highest BCUT2D eigenvalue weighted by molar-refractivity contribution is 5.82. The van der Waals surface area contributed by atoms with Crippen LogP contribution in [0.5, 0.6) is 0 Å². The highest BCUT2D eigenvalue weighted by atomic mass is 19.1. The van der Waals surface area contributed by atoms with Crippen molar-refractivity contribution in [3.8, 4) is 0 Å². The van der Waals surface area contributed by atoms with Gasteiger partial charge in [-0.25, -0.2) is 13.6 Å². The van der Waals surface area contributed by atoms with E-state index in [0.717, 1.165) is 6.07 Å². The number of amides is 1. The van der Waals surface area contributed by atoms with Crippen LogP contribution in [0.3, 0.4) is 0 Å². The Labute approximate surface area is 121 Å². The van der Waals surface area contributed by atoms with E-state index in [4.69, 9.17) is 0 Å². The quantitative estimate of drug-likeness (QED) is 0.817. The maximum atomic E-state index is 13.7. The van der Waals surface area contributed by atoms with Crippen LogP contribution in [0.4, 0.5) is 8.78 Å². The zero-order valence-corrected chi connectivity index (χ0v) is 11.7. The Kier molecular flexibility index (Phi) is 4.25. The second-order valence-electron chi connectivity index (χ2n) is 5.36. The number of hydrogen-bond donors (Lipinski definition) is 2. The molecule has 0 saturated carbocycles. The van der Waals surface area contributed by atoms with E-state index in [9.17, 15) is 23.5 Å². The van der Waals surface area contributed by atoms with E-state index in [-0.39, 0.29) is 12.8 Å². The van der Waals surface area contributed by atoms with Gasteiger partial charge in [0.15, 0.2) is 0 Å². The van der Waals surface area contributed by atoms with Crippen molar-refractivity contribution in [2.45, 2.75) is 38.1 Å². The van der Waals surface area contributed by atoms with Crippen LogP contribution in [0.1, 0.15) is 30.9 Å². The summed E-state index contributed by atoms with van der Waals surface area (Å²) in [5.74, 6) is -2.79. The molecule has 2 atom stereocenters. The third-order valence-corrected chi connectivity index (χ3v) is 4.41. The lowest BCUT2D eigenvalue weighted by Gasteiger charge is -2.38. The first-order valence-electron chi connectivity index (χ1n) is 6.86. The second-order valence-corrected chi connectivity index (χ2v) is 5.36. The van der Waals surface area contributed by atoms with Crippen molar-refractivity contribution in [1.82, 2.24) is 5.32 Å². The largest absolute Gasteiger partial charge is 0.479 e. The van der Waals surface area contributed by atoms with Gasteiger partial charge in [-0.05, 0) is 48.8 Å². The Morgan fingerprint density at radius 3 is 2.81 bits per heavy atom. The molecule has 0 aliphatic heterocycles. The fourth-order valence-electron chi connectivity index (χ4n) is 3.23. The summed E-state index contributed by atoms with van der Waals surface area (Å²) in [5.41, 5.74) is -0.480. The number of carbonyl (C=O) groups is 2. The maximum Gasteiger partial charge on any atom is 0.329 e. The van der Waals surface area contributed by atoms with Gasteiger partial charge in [0, 0.05) is 6.07 Å². The topological polar surface area (TPSA) is 66.4 Å². The fourth-order valence-corrected chi connectivity index (χ4v) is 3.23. The molecule has 1 aliphatic carbocycles. The molecular weight excluding hydrogens is 280 g/mol. The second kappa shape index (κ2) is 5.79. The first-order valence-corrected chi connectivity index (χ1v) is 6.86. The summed E-state index contributed by atoms with van der Waals surface area (Å²) in [4.78, 5) is 22.4. The predicted molar refractivity (Wildman–Crippen MR) is 71.7 cm³/mol. The average Bonchev–Trinajstić information content (AvgIpc) is 2.43. The third kappa shape index (κ3) is 2.62. The highest BCUT2D eigenvalue weighted by Crippen LogP contribution is 2.36. The van der Waals surface area contributed by atoms with E-state index in [0.29, 0.717) is 30.4 Å². The molecular formula is C15H17F2NO3. The van der Waals surface area contributed by atoms with Gasteiger partial charge in [0.1, 0.15) is 17.2 Å². The van der Waals surface area contributed by atoms with Crippen molar-refractivity contribution < 1.29 is 23.5 Å². The number of halogens is 2. The minimum absolute atomic E-state index is 0.207. The van der Waals surface area contributed by atoms with E-state index in [1.54, 1.807) is 6.92 Å². The van der Waals surface area contributed by atoms with Gasteiger partial charge in [-0.3, -0.25) is 4.79 Å². The summed E-state index contributed by atoms with van der Waals surface area (Å²) < 4.78 is 27.1. The SMILES string of the molecule is CCC(NC=O)(C(=O)O)C1CCc2c(F)cc(F)cc2C1. The zero-order chi connectivity index (χ0) is 15.6. The van der Waals surface area contributed by atoms with Crippen LogP contribution >= 0.6 is 0 Å². The van der Waals surface area contributed by atoms with Crippen molar-refractivity contribution in [2.75, 3.05) is 0 Å². The van der Waals surface area contributed by atoms with E-state index in [2.05, 4.69) is 5.32 Å². The lowest BCUT2D eigenvalue weighted by molar-refractivity contribution is -0.149. The monoisotopic (exact) mass is 297 g/mol. The Morgan fingerprint density at radius 2 is 2.24 bits per heavy atom. The number of hydrogen-bond acceptors (Lipinski definition) is 2. The molecule has 2 unspecified atom stereocenters. The third-order valence-electron chi connectivity index (χ3n) is 4.41. The van der Waals surface area contributed by atoms with Crippen LogP contribution in [0.25, 0.3) is 0 Å². The number of nitrogens with one attached hydrogen (secondary N) is 1. The van der Waals surface area contributed by atoms with Gasteiger partial charge in [-0.15, -0.1) is 0 Å². The summed E-state index contributed by atoms with van der Waals surface area (Å²) in [6, 6.07) is 2.08. The molecule has 0 aromatic heterocycles. The Bertz CT molecular complexity index is 576.